The van der Waals surface area contributed by atoms with Crippen molar-refractivity contribution in [3.8, 4) is 11.5 Å². The van der Waals surface area contributed by atoms with Crippen LogP contribution in [-0.4, -0.2) is 40.8 Å². The fraction of sp³-hybridized carbons (Fsp3) is 0.348. The molecule has 1 amide bonds. The van der Waals surface area contributed by atoms with Gasteiger partial charge in [0.05, 0.1) is 5.69 Å². The Balaban J connectivity index is 0.00000259. The molecule has 0 saturated carbocycles. The SMILES string of the molecule is Cl.O=C(Nc1ccc(F)cc1)c1nnn(CC2CCNCC2)c1Cc1ccc2c(c1)OCO2. The number of nitrogens with one attached hydrogen (secondary N) is 2. The van der Waals surface area contributed by atoms with Crippen molar-refractivity contribution in [3.05, 3.63) is 65.2 Å². The highest BCUT2D eigenvalue weighted by atomic mass is 35.5. The van der Waals surface area contributed by atoms with Gasteiger partial charge in [0.1, 0.15) is 5.82 Å². The van der Waals surface area contributed by atoms with Gasteiger partial charge >= 0.3 is 0 Å². The van der Waals surface area contributed by atoms with E-state index in [0.29, 0.717) is 36.1 Å². The lowest BCUT2D eigenvalue weighted by atomic mass is 9.98. The molecular weight excluding hydrogens is 449 g/mol. The number of carbonyl (C=O) groups is 1. The smallest absolute Gasteiger partial charge is 0.278 e. The molecule has 0 aliphatic carbocycles. The third-order valence-electron chi connectivity index (χ3n) is 5.85. The van der Waals surface area contributed by atoms with Gasteiger partial charge in [0.25, 0.3) is 5.91 Å². The second-order valence-electron chi connectivity index (χ2n) is 8.09. The number of ether oxygens (including phenoxy) is 2. The van der Waals surface area contributed by atoms with Crippen LogP contribution in [0.3, 0.4) is 0 Å². The molecule has 174 valence electrons. The summed E-state index contributed by atoms with van der Waals surface area (Å²) in [6, 6.07) is 11.4. The number of carbonyl (C=O) groups excluding carboxylic acids is 1. The van der Waals surface area contributed by atoms with E-state index in [9.17, 15) is 9.18 Å². The van der Waals surface area contributed by atoms with Crippen LogP contribution < -0.4 is 20.1 Å². The van der Waals surface area contributed by atoms with Crippen molar-refractivity contribution in [1.29, 1.82) is 0 Å². The number of nitrogens with zero attached hydrogens (tertiary/aromatic N) is 3. The summed E-state index contributed by atoms with van der Waals surface area (Å²) in [5.74, 6) is 1.14. The molecule has 1 aromatic heterocycles. The van der Waals surface area contributed by atoms with Crippen molar-refractivity contribution >= 4 is 24.0 Å². The van der Waals surface area contributed by atoms with Crippen LogP contribution in [0.2, 0.25) is 0 Å². The second-order valence-corrected chi connectivity index (χ2v) is 8.09. The zero-order valence-electron chi connectivity index (χ0n) is 17.9. The van der Waals surface area contributed by atoms with E-state index >= 15 is 0 Å². The van der Waals surface area contributed by atoms with Crippen LogP contribution in [0.4, 0.5) is 10.1 Å². The molecule has 33 heavy (non-hydrogen) atoms. The van der Waals surface area contributed by atoms with Crippen molar-refractivity contribution in [2.24, 2.45) is 5.92 Å². The van der Waals surface area contributed by atoms with E-state index < -0.39 is 0 Å². The molecule has 5 rings (SSSR count). The summed E-state index contributed by atoms with van der Waals surface area (Å²) in [6.45, 7) is 2.88. The summed E-state index contributed by atoms with van der Waals surface area (Å²) < 4.78 is 26.0. The zero-order chi connectivity index (χ0) is 21.9. The number of piperidine rings is 1. The largest absolute Gasteiger partial charge is 0.454 e. The molecular formula is C23H25ClFN5O3. The van der Waals surface area contributed by atoms with Crippen LogP contribution in [0.25, 0.3) is 0 Å². The summed E-state index contributed by atoms with van der Waals surface area (Å²) >= 11 is 0. The van der Waals surface area contributed by atoms with Crippen LogP contribution in [0.5, 0.6) is 11.5 Å². The zero-order valence-corrected chi connectivity index (χ0v) is 18.7. The fourth-order valence-electron chi connectivity index (χ4n) is 4.11. The molecule has 10 heteroatoms. The van der Waals surface area contributed by atoms with E-state index in [1.54, 1.807) is 0 Å². The first-order chi connectivity index (χ1) is 15.7. The molecule has 1 fully saturated rings. The van der Waals surface area contributed by atoms with E-state index in [2.05, 4.69) is 20.9 Å². The van der Waals surface area contributed by atoms with Gasteiger partial charge in [-0.25, -0.2) is 9.07 Å². The molecule has 2 aliphatic heterocycles. The molecule has 0 unspecified atom stereocenters. The maximum absolute atomic E-state index is 13.2. The van der Waals surface area contributed by atoms with Gasteiger partial charge in [0.2, 0.25) is 6.79 Å². The van der Waals surface area contributed by atoms with Crippen LogP contribution in [0.1, 0.15) is 34.6 Å². The van der Waals surface area contributed by atoms with Crippen LogP contribution in [-0.2, 0) is 13.0 Å². The first-order valence-electron chi connectivity index (χ1n) is 10.7. The van der Waals surface area contributed by atoms with Crippen molar-refractivity contribution < 1.29 is 18.7 Å². The van der Waals surface area contributed by atoms with Gasteiger partial charge in [0, 0.05) is 18.7 Å². The molecule has 0 bridgehead atoms. The van der Waals surface area contributed by atoms with Crippen molar-refractivity contribution in [2.45, 2.75) is 25.8 Å². The number of amides is 1. The summed E-state index contributed by atoms with van der Waals surface area (Å²) in [5, 5.41) is 14.7. The predicted octanol–water partition coefficient (Wildman–Crippen LogP) is 3.41. The van der Waals surface area contributed by atoms with Crippen molar-refractivity contribution in [1.82, 2.24) is 20.3 Å². The van der Waals surface area contributed by atoms with E-state index in [1.807, 2.05) is 22.9 Å². The average molecular weight is 474 g/mol. The Morgan fingerprint density at radius 3 is 2.67 bits per heavy atom. The quantitative estimate of drug-likeness (QED) is 0.570. The van der Waals surface area contributed by atoms with E-state index in [-0.39, 0.29) is 36.6 Å². The van der Waals surface area contributed by atoms with Gasteiger partial charge < -0.3 is 20.1 Å². The average Bonchev–Trinajstić information content (AvgIpc) is 3.43. The van der Waals surface area contributed by atoms with Gasteiger partial charge in [-0.05, 0) is 73.8 Å². The Hall–Kier alpha value is -3.17. The molecule has 2 aliphatic rings. The van der Waals surface area contributed by atoms with Gasteiger partial charge in [-0.15, -0.1) is 17.5 Å². The number of halogens is 2. The topological polar surface area (TPSA) is 90.3 Å². The molecule has 8 nitrogen and oxygen atoms in total. The molecule has 2 N–H and O–H groups in total. The highest BCUT2D eigenvalue weighted by Crippen LogP contribution is 2.33. The van der Waals surface area contributed by atoms with Crippen LogP contribution >= 0.6 is 12.4 Å². The number of rotatable bonds is 6. The first kappa shape index (κ1) is 23.0. The van der Waals surface area contributed by atoms with Gasteiger partial charge in [0.15, 0.2) is 17.2 Å². The summed E-state index contributed by atoms with van der Waals surface area (Å²) in [7, 11) is 0. The van der Waals surface area contributed by atoms with Gasteiger partial charge in [-0.3, -0.25) is 4.79 Å². The maximum Gasteiger partial charge on any atom is 0.278 e. The minimum Gasteiger partial charge on any atom is -0.454 e. The monoisotopic (exact) mass is 473 g/mol. The first-order valence-corrected chi connectivity index (χ1v) is 10.7. The Labute approximate surface area is 196 Å². The number of fused-ring (bicyclic) bond motifs is 1. The third kappa shape index (κ3) is 5.26. The highest BCUT2D eigenvalue weighted by Gasteiger charge is 2.24. The normalized spacial score (nSPS) is 15.2. The van der Waals surface area contributed by atoms with Gasteiger partial charge in [-0.1, -0.05) is 11.3 Å². The highest BCUT2D eigenvalue weighted by molar-refractivity contribution is 6.03. The number of anilines is 1. The number of hydrogen-bond acceptors (Lipinski definition) is 6. The fourth-order valence-corrected chi connectivity index (χ4v) is 4.11. The molecule has 2 aromatic carbocycles. The minimum absolute atomic E-state index is 0. The minimum atomic E-state index is -0.371. The maximum atomic E-state index is 13.2. The number of hydrogen-bond donors (Lipinski definition) is 2. The number of benzene rings is 2. The Morgan fingerprint density at radius 1 is 1.12 bits per heavy atom. The molecule has 1 saturated heterocycles. The Kier molecular flexibility index (Phi) is 7.10. The summed E-state index contributed by atoms with van der Waals surface area (Å²) in [5.41, 5.74) is 2.47. The molecule has 0 atom stereocenters. The van der Waals surface area contributed by atoms with Crippen LogP contribution in [0, 0.1) is 11.7 Å². The van der Waals surface area contributed by atoms with E-state index in [4.69, 9.17) is 9.47 Å². The van der Waals surface area contributed by atoms with E-state index in [0.717, 1.165) is 37.2 Å². The summed E-state index contributed by atoms with van der Waals surface area (Å²) in [6.07, 6.45) is 2.58. The second kappa shape index (κ2) is 10.2. The standard InChI is InChI=1S/C23H24FN5O3.ClH/c24-17-2-4-18(5-3-17)26-23(30)22-19(11-16-1-6-20-21(12-16)32-14-31-20)29(28-27-22)13-15-7-9-25-10-8-15;/h1-6,12,15,25H,7-11,13-14H2,(H,26,30);1H. The summed E-state index contributed by atoms with van der Waals surface area (Å²) in [4.78, 5) is 13.0. The molecule has 0 radical (unpaired) electrons. The predicted molar refractivity (Wildman–Crippen MR) is 123 cm³/mol. The molecule has 3 heterocycles. The number of aromatic nitrogens is 3. The lowest BCUT2D eigenvalue weighted by Gasteiger charge is -2.23. The Morgan fingerprint density at radius 2 is 1.88 bits per heavy atom. The van der Waals surface area contributed by atoms with E-state index in [1.165, 1.54) is 24.3 Å². The van der Waals surface area contributed by atoms with Gasteiger partial charge in [-0.2, -0.15) is 0 Å². The molecule has 0 spiro atoms. The van der Waals surface area contributed by atoms with Crippen LogP contribution in [0.15, 0.2) is 42.5 Å². The Bertz CT molecular complexity index is 1120. The van der Waals surface area contributed by atoms with Crippen molar-refractivity contribution in [2.75, 3.05) is 25.2 Å². The molecule has 3 aromatic rings. The third-order valence-corrected chi connectivity index (χ3v) is 5.85. The van der Waals surface area contributed by atoms with Crippen molar-refractivity contribution in [3.63, 3.8) is 0 Å². The lowest BCUT2D eigenvalue weighted by Crippen LogP contribution is -2.30. The lowest BCUT2D eigenvalue weighted by molar-refractivity contribution is 0.102.